The Bertz CT molecular complexity index is 1300. The number of carbonyl (C=O) groups is 3. The molecule has 0 saturated carbocycles. The molecular weight excluding hydrogens is 492 g/mol. The molecule has 0 bridgehead atoms. The van der Waals surface area contributed by atoms with Crippen molar-refractivity contribution in [1.82, 2.24) is 10.2 Å². The van der Waals surface area contributed by atoms with Gasteiger partial charge in [-0.25, -0.2) is 9.69 Å². The Morgan fingerprint density at radius 3 is 2.61 bits per heavy atom. The van der Waals surface area contributed by atoms with Gasteiger partial charge in [0.05, 0.1) is 11.6 Å². The minimum Gasteiger partial charge on any atom is -0.493 e. The number of benzene rings is 3. The third-order valence-corrected chi connectivity index (χ3v) is 5.60. The first-order valence-electron chi connectivity index (χ1n) is 9.90. The van der Waals surface area contributed by atoms with Crippen molar-refractivity contribution in [2.75, 3.05) is 13.7 Å². The maximum absolute atomic E-state index is 12.4. The van der Waals surface area contributed by atoms with Crippen molar-refractivity contribution in [2.24, 2.45) is 0 Å². The zero-order valence-electron chi connectivity index (χ0n) is 17.5. The van der Waals surface area contributed by atoms with E-state index in [-0.39, 0.29) is 5.70 Å². The summed E-state index contributed by atoms with van der Waals surface area (Å²) in [7, 11) is 1.50. The number of imide groups is 1. The molecule has 0 atom stereocenters. The lowest BCUT2D eigenvalue weighted by molar-refractivity contribution is -0.140. The molecule has 3 amide bonds. The standard InChI is InChI=1S/C24H19BrN2O6/c1-32-20-11-15(10-19-23(30)27(12-21(28)29)24(31)26-19)9-18(25)22(20)33-13-14-6-7-16-4-2-3-5-17(16)8-14/h2-11H,12-13H2,1H3,(H,26,31)(H,28,29)/b19-10+. The fourth-order valence-corrected chi connectivity index (χ4v) is 4.04. The summed E-state index contributed by atoms with van der Waals surface area (Å²) >= 11 is 3.48. The SMILES string of the molecule is COc1cc(/C=C2/NC(=O)N(CC(=O)O)C2=O)cc(Br)c1OCc1ccc2ccccc2c1. The summed E-state index contributed by atoms with van der Waals surface area (Å²) < 4.78 is 12.1. The van der Waals surface area contributed by atoms with Crippen molar-refractivity contribution in [3.63, 3.8) is 0 Å². The molecule has 0 radical (unpaired) electrons. The number of urea groups is 1. The molecule has 1 aliphatic rings. The molecule has 0 aromatic heterocycles. The number of aliphatic carboxylic acids is 1. The van der Waals surface area contributed by atoms with E-state index >= 15 is 0 Å². The summed E-state index contributed by atoms with van der Waals surface area (Å²) in [6.07, 6.45) is 1.45. The number of carboxylic acids is 1. The molecule has 33 heavy (non-hydrogen) atoms. The number of amides is 3. The predicted octanol–water partition coefficient (Wildman–Crippen LogP) is 4.17. The van der Waals surface area contributed by atoms with Gasteiger partial charge >= 0.3 is 12.0 Å². The van der Waals surface area contributed by atoms with Crippen LogP contribution in [0.2, 0.25) is 0 Å². The number of rotatable bonds is 7. The molecule has 3 aromatic carbocycles. The second-order valence-electron chi connectivity index (χ2n) is 7.28. The Labute approximate surface area is 197 Å². The van der Waals surface area contributed by atoms with Crippen LogP contribution in [-0.4, -0.2) is 41.6 Å². The first-order chi connectivity index (χ1) is 15.9. The van der Waals surface area contributed by atoms with Gasteiger partial charge < -0.3 is 19.9 Å². The summed E-state index contributed by atoms with van der Waals surface area (Å²) in [6, 6.07) is 16.8. The molecule has 0 spiro atoms. The van der Waals surface area contributed by atoms with Gasteiger partial charge in [-0.1, -0.05) is 36.4 Å². The molecule has 3 aromatic rings. The maximum atomic E-state index is 12.4. The van der Waals surface area contributed by atoms with E-state index in [1.54, 1.807) is 12.1 Å². The van der Waals surface area contributed by atoms with Gasteiger partial charge in [-0.15, -0.1) is 0 Å². The molecule has 168 valence electrons. The van der Waals surface area contributed by atoms with Gasteiger partial charge in [-0.2, -0.15) is 0 Å². The van der Waals surface area contributed by atoms with Crippen molar-refractivity contribution in [3.05, 3.63) is 75.9 Å². The maximum Gasteiger partial charge on any atom is 0.329 e. The van der Waals surface area contributed by atoms with Crippen LogP contribution in [0.25, 0.3) is 16.8 Å². The van der Waals surface area contributed by atoms with E-state index in [0.717, 1.165) is 16.3 Å². The summed E-state index contributed by atoms with van der Waals surface area (Å²) in [4.78, 5) is 35.8. The van der Waals surface area contributed by atoms with E-state index in [9.17, 15) is 14.4 Å². The summed E-state index contributed by atoms with van der Waals surface area (Å²) in [5.41, 5.74) is 1.52. The normalized spacial score (nSPS) is 14.6. The number of fused-ring (bicyclic) bond motifs is 1. The van der Waals surface area contributed by atoms with E-state index in [2.05, 4.69) is 27.3 Å². The monoisotopic (exact) mass is 510 g/mol. The lowest BCUT2D eigenvalue weighted by atomic mass is 10.1. The number of nitrogens with zero attached hydrogens (tertiary/aromatic N) is 1. The van der Waals surface area contributed by atoms with Crippen molar-refractivity contribution >= 4 is 50.7 Å². The fraction of sp³-hybridized carbons (Fsp3) is 0.125. The van der Waals surface area contributed by atoms with Crippen LogP contribution in [-0.2, 0) is 16.2 Å². The fourth-order valence-electron chi connectivity index (χ4n) is 3.46. The second-order valence-corrected chi connectivity index (χ2v) is 8.13. The highest BCUT2D eigenvalue weighted by Crippen LogP contribution is 2.38. The Morgan fingerprint density at radius 2 is 1.88 bits per heavy atom. The van der Waals surface area contributed by atoms with E-state index in [0.29, 0.717) is 33.0 Å². The molecule has 0 unspecified atom stereocenters. The number of nitrogens with one attached hydrogen (secondary N) is 1. The topological polar surface area (TPSA) is 105 Å². The van der Waals surface area contributed by atoms with Crippen molar-refractivity contribution in [2.45, 2.75) is 6.61 Å². The number of carboxylic acid groups (broad SMARTS) is 1. The van der Waals surface area contributed by atoms with Gasteiger partial charge in [0.15, 0.2) is 11.5 Å². The first-order valence-corrected chi connectivity index (χ1v) is 10.7. The Kier molecular flexibility index (Phi) is 6.32. The van der Waals surface area contributed by atoms with Crippen LogP contribution in [0.15, 0.2) is 64.8 Å². The molecule has 0 aliphatic carbocycles. The Morgan fingerprint density at radius 1 is 1.12 bits per heavy atom. The molecular formula is C24H19BrN2O6. The quantitative estimate of drug-likeness (QED) is 0.365. The number of hydrogen-bond acceptors (Lipinski definition) is 5. The van der Waals surface area contributed by atoms with Gasteiger partial charge in [-0.05, 0) is 62.1 Å². The number of methoxy groups -OCH3 is 1. The molecule has 8 nitrogen and oxygen atoms in total. The van der Waals surface area contributed by atoms with Gasteiger partial charge in [0, 0.05) is 0 Å². The molecule has 1 heterocycles. The van der Waals surface area contributed by atoms with Gasteiger partial charge in [-0.3, -0.25) is 9.59 Å². The van der Waals surface area contributed by atoms with Crippen LogP contribution in [0, 0.1) is 0 Å². The number of hydrogen-bond donors (Lipinski definition) is 2. The van der Waals surface area contributed by atoms with Crippen LogP contribution >= 0.6 is 15.9 Å². The van der Waals surface area contributed by atoms with Gasteiger partial charge in [0.25, 0.3) is 5.91 Å². The average Bonchev–Trinajstić information content (AvgIpc) is 3.04. The predicted molar refractivity (Wildman–Crippen MR) is 125 cm³/mol. The van der Waals surface area contributed by atoms with Gasteiger partial charge in [0.1, 0.15) is 18.8 Å². The molecule has 1 fully saturated rings. The number of halogens is 1. The first kappa shape index (κ1) is 22.3. The number of ether oxygens (including phenoxy) is 2. The molecule has 1 saturated heterocycles. The lowest BCUT2D eigenvalue weighted by Crippen LogP contribution is -2.35. The largest absolute Gasteiger partial charge is 0.493 e. The highest BCUT2D eigenvalue weighted by atomic mass is 79.9. The third-order valence-electron chi connectivity index (χ3n) is 5.02. The van der Waals surface area contributed by atoms with Crippen molar-refractivity contribution < 1.29 is 29.0 Å². The minimum atomic E-state index is -1.28. The van der Waals surface area contributed by atoms with E-state index in [1.807, 2.05) is 36.4 Å². The highest BCUT2D eigenvalue weighted by molar-refractivity contribution is 9.10. The second kappa shape index (κ2) is 9.33. The average molecular weight is 511 g/mol. The number of carbonyl (C=O) groups excluding carboxylic acids is 2. The van der Waals surface area contributed by atoms with Gasteiger partial charge in [0.2, 0.25) is 0 Å². The summed E-state index contributed by atoms with van der Waals surface area (Å²) in [5.74, 6) is -1.08. The van der Waals surface area contributed by atoms with Crippen LogP contribution in [0.3, 0.4) is 0 Å². The summed E-state index contributed by atoms with van der Waals surface area (Å²) in [6.45, 7) is -0.393. The Balaban J connectivity index is 1.55. The molecule has 2 N–H and O–H groups in total. The highest BCUT2D eigenvalue weighted by Gasteiger charge is 2.34. The van der Waals surface area contributed by atoms with Crippen LogP contribution in [0.5, 0.6) is 11.5 Å². The van der Waals surface area contributed by atoms with Crippen LogP contribution < -0.4 is 14.8 Å². The van der Waals surface area contributed by atoms with E-state index in [4.69, 9.17) is 14.6 Å². The van der Waals surface area contributed by atoms with Crippen LogP contribution in [0.1, 0.15) is 11.1 Å². The molecule has 9 heteroatoms. The lowest BCUT2D eigenvalue weighted by Gasteiger charge is -2.14. The van der Waals surface area contributed by atoms with Crippen molar-refractivity contribution in [1.29, 1.82) is 0 Å². The van der Waals surface area contributed by atoms with E-state index in [1.165, 1.54) is 13.2 Å². The van der Waals surface area contributed by atoms with Crippen LogP contribution in [0.4, 0.5) is 4.79 Å². The Hall–Kier alpha value is -3.85. The minimum absolute atomic E-state index is 0.0277. The zero-order chi connectivity index (χ0) is 23.5. The van der Waals surface area contributed by atoms with E-state index < -0.39 is 24.5 Å². The zero-order valence-corrected chi connectivity index (χ0v) is 19.1. The molecule has 4 rings (SSSR count). The summed E-state index contributed by atoms with van der Waals surface area (Å²) in [5, 5.41) is 13.5. The molecule has 1 aliphatic heterocycles. The third kappa shape index (κ3) is 4.83. The van der Waals surface area contributed by atoms with Crippen molar-refractivity contribution in [3.8, 4) is 11.5 Å². The smallest absolute Gasteiger partial charge is 0.329 e.